The second-order valence-electron chi connectivity index (χ2n) is 2.10. The summed E-state index contributed by atoms with van der Waals surface area (Å²) in [7, 11) is 1.72. The molecule has 1 rings (SSSR count). The van der Waals surface area contributed by atoms with Crippen LogP contribution in [0.1, 0.15) is 17.3 Å². The molecule has 4 nitrogen and oxygen atoms in total. The van der Waals surface area contributed by atoms with E-state index in [1.165, 1.54) is 19.3 Å². The summed E-state index contributed by atoms with van der Waals surface area (Å²) in [6, 6.07) is 0. The molecule has 0 aromatic carbocycles. The van der Waals surface area contributed by atoms with Crippen molar-refractivity contribution in [1.82, 2.24) is 9.97 Å². The number of aromatic nitrogens is 2. The average Bonchev–Trinajstić information content (AvgIpc) is 2.05. The van der Waals surface area contributed by atoms with E-state index >= 15 is 0 Å². The van der Waals surface area contributed by atoms with Gasteiger partial charge in [0.15, 0.2) is 5.78 Å². The third-order valence-corrected chi connectivity index (χ3v) is 1.28. The Bertz CT molecular complexity index is 255. The summed E-state index contributed by atoms with van der Waals surface area (Å²) < 4.78 is 0. The molecule has 11 heavy (non-hydrogen) atoms. The molecule has 0 saturated heterocycles. The normalized spacial score (nSPS) is 9.27. The minimum atomic E-state index is -0.0207. The summed E-state index contributed by atoms with van der Waals surface area (Å²) in [5, 5.41) is 2.76. The molecule has 0 bridgehead atoms. The highest BCUT2D eigenvalue weighted by Crippen LogP contribution is 1.99. The summed E-state index contributed by atoms with van der Waals surface area (Å²) in [6.07, 6.45) is 3.00. The third-order valence-electron chi connectivity index (χ3n) is 1.28. The van der Waals surface area contributed by atoms with Gasteiger partial charge in [0.1, 0.15) is 0 Å². The van der Waals surface area contributed by atoms with Crippen molar-refractivity contribution >= 4 is 11.7 Å². The predicted octanol–water partition coefficient (Wildman–Crippen LogP) is 0.721. The summed E-state index contributed by atoms with van der Waals surface area (Å²) in [5.41, 5.74) is 0.531. The number of hydrogen-bond acceptors (Lipinski definition) is 4. The number of carbonyl (C=O) groups is 1. The zero-order valence-corrected chi connectivity index (χ0v) is 6.46. The lowest BCUT2D eigenvalue weighted by Gasteiger charge is -1.96. The number of hydrogen-bond donors (Lipinski definition) is 1. The highest BCUT2D eigenvalue weighted by Gasteiger charge is 1.98. The largest absolute Gasteiger partial charge is 0.357 e. The fraction of sp³-hybridized carbons (Fsp3) is 0.286. The molecular formula is C7H9N3O. The molecule has 1 heterocycles. The highest BCUT2D eigenvalue weighted by molar-refractivity contribution is 5.93. The zero-order chi connectivity index (χ0) is 8.27. The Hall–Kier alpha value is -1.45. The Morgan fingerprint density at radius 1 is 1.45 bits per heavy atom. The topological polar surface area (TPSA) is 54.9 Å². The molecule has 0 aliphatic carbocycles. The lowest BCUT2D eigenvalue weighted by molar-refractivity contribution is 0.101. The van der Waals surface area contributed by atoms with Gasteiger partial charge in [0.05, 0.1) is 5.56 Å². The van der Waals surface area contributed by atoms with Crippen LogP contribution in [0.3, 0.4) is 0 Å². The maximum absolute atomic E-state index is 10.7. The van der Waals surface area contributed by atoms with Crippen molar-refractivity contribution in [3.05, 3.63) is 18.0 Å². The molecule has 0 aliphatic rings. The molecule has 0 amide bonds. The number of ketones is 1. The van der Waals surface area contributed by atoms with Gasteiger partial charge in [-0.15, -0.1) is 0 Å². The summed E-state index contributed by atoms with van der Waals surface area (Å²) in [5.74, 6) is 0.502. The van der Waals surface area contributed by atoms with Gasteiger partial charge in [-0.05, 0) is 6.92 Å². The smallest absolute Gasteiger partial charge is 0.222 e. The SMILES string of the molecule is CNc1ncc(C(C)=O)cn1. The van der Waals surface area contributed by atoms with Gasteiger partial charge in [-0.25, -0.2) is 9.97 Å². The van der Waals surface area contributed by atoms with Crippen molar-refractivity contribution in [2.75, 3.05) is 12.4 Å². The molecule has 0 radical (unpaired) electrons. The summed E-state index contributed by atoms with van der Waals surface area (Å²) in [4.78, 5) is 18.5. The standard InChI is InChI=1S/C7H9N3O/c1-5(11)6-3-9-7(8-2)10-4-6/h3-4H,1-2H3,(H,8,9,10). The minimum Gasteiger partial charge on any atom is -0.357 e. The molecule has 0 atom stereocenters. The fourth-order valence-electron chi connectivity index (χ4n) is 0.639. The zero-order valence-electron chi connectivity index (χ0n) is 6.46. The number of nitrogens with zero attached hydrogens (tertiary/aromatic N) is 2. The van der Waals surface area contributed by atoms with E-state index in [1.54, 1.807) is 7.05 Å². The van der Waals surface area contributed by atoms with Gasteiger partial charge in [0.2, 0.25) is 5.95 Å². The first-order valence-electron chi connectivity index (χ1n) is 3.25. The van der Waals surface area contributed by atoms with Crippen LogP contribution in [0.2, 0.25) is 0 Å². The maximum atomic E-state index is 10.7. The Kier molecular flexibility index (Phi) is 2.15. The van der Waals surface area contributed by atoms with Gasteiger partial charge in [-0.2, -0.15) is 0 Å². The third kappa shape index (κ3) is 1.73. The molecule has 0 saturated carbocycles. The number of anilines is 1. The van der Waals surface area contributed by atoms with Gasteiger partial charge in [0, 0.05) is 19.4 Å². The van der Waals surface area contributed by atoms with Crippen LogP contribution < -0.4 is 5.32 Å². The lowest BCUT2D eigenvalue weighted by atomic mass is 10.2. The van der Waals surface area contributed by atoms with Crippen LogP contribution >= 0.6 is 0 Å². The second-order valence-corrected chi connectivity index (χ2v) is 2.10. The maximum Gasteiger partial charge on any atom is 0.222 e. The molecule has 1 N–H and O–H groups in total. The Balaban J connectivity index is 2.91. The van der Waals surface area contributed by atoms with Crippen LogP contribution in [0.5, 0.6) is 0 Å². The fourth-order valence-corrected chi connectivity index (χ4v) is 0.639. The number of rotatable bonds is 2. The van der Waals surface area contributed by atoms with Crippen molar-refractivity contribution < 1.29 is 4.79 Å². The van der Waals surface area contributed by atoms with Crippen LogP contribution in [0.4, 0.5) is 5.95 Å². The molecule has 0 fully saturated rings. The lowest BCUT2D eigenvalue weighted by Crippen LogP contribution is -1.99. The van der Waals surface area contributed by atoms with Gasteiger partial charge in [-0.1, -0.05) is 0 Å². The summed E-state index contributed by atoms with van der Waals surface area (Å²) in [6.45, 7) is 1.48. The van der Waals surface area contributed by atoms with Crippen molar-refractivity contribution in [2.24, 2.45) is 0 Å². The van der Waals surface area contributed by atoms with E-state index in [2.05, 4.69) is 15.3 Å². The number of Topliss-reactive ketones (excluding diaryl/α,β-unsaturated/α-hetero) is 1. The van der Waals surface area contributed by atoms with Crippen LogP contribution in [-0.2, 0) is 0 Å². The van der Waals surface area contributed by atoms with E-state index in [0.29, 0.717) is 11.5 Å². The molecule has 0 spiro atoms. The van der Waals surface area contributed by atoms with Crippen LogP contribution in [0.25, 0.3) is 0 Å². The van der Waals surface area contributed by atoms with E-state index in [4.69, 9.17) is 0 Å². The molecule has 4 heteroatoms. The monoisotopic (exact) mass is 151 g/mol. The van der Waals surface area contributed by atoms with E-state index in [9.17, 15) is 4.79 Å². The van der Waals surface area contributed by atoms with Crippen LogP contribution in [0.15, 0.2) is 12.4 Å². The average molecular weight is 151 g/mol. The van der Waals surface area contributed by atoms with Crippen molar-refractivity contribution in [3.8, 4) is 0 Å². The van der Waals surface area contributed by atoms with Crippen molar-refractivity contribution in [2.45, 2.75) is 6.92 Å². The molecule has 1 aromatic heterocycles. The van der Waals surface area contributed by atoms with Crippen LogP contribution in [0, 0.1) is 0 Å². The molecule has 0 unspecified atom stereocenters. The number of carbonyl (C=O) groups excluding carboxylic acids is 1. The summed E-state index contributed by atoms with van der Waals surface area (Å²) >= 11 is 0. The van der Waals surface area contributed by atoms with E-state index < -0.39 is 0 Å². The van der Waals surface area contributed by atoms with Crippen molar-refractivity contribution in [1.29, 1.82) is 0 Å². The van der Waals surface area contributed by atoms with Crippen LogP contribution in [-0.4, -0.2) is 22.8 Å². The van der Waals surface area contributed by atoms with Gasteiger partial charge in [-0.3, -0.25) is 4.79 Å². The minimum absolute atomic E-state index is 0.0207. The number of nitrogens with one attached hydrogen (secondary N) is 1. The highest BCUT2D eigenvalue weighted by atomic mass is 16.1. The van der Waals surface area contributed by atoms with E-state index in [0.717, 1.165) is 0 Å². The van der Waals surface area contributed by atoms with E-state index in [1.807, 2.05) is 0 Å². The second kappa shape index (κ2) is 3.09. The van der Waals surface area contributed by atoms with Gasteiger partial charge >= 0.3 is 0 Å². The molecule has 58 valence electrons. The van der Waals surface area contributed by atoms with Crippen molar-refractivity contribution in [3.63, 3.8) is 0 Å². The quantitative estimate of drug-likeness (QED) is 0.633. The first kappa shape index (κ1) is 7.65. The first-order chi connectivity index (χ1) is 5.24. The van der Waals surface area contributed by atoms with Gasteiger partial charge in [0.25, 0.3) is 0 Å². The molecule has 1 aromatic rings. The predicted molar refractivity (Wildman–Crippen MR) is 41.6 cm³/mol. The Labute approximate surface area is 64.7 Å². The Morgan fingerprint density at radius 2 is 2.00 bits per heavy atom. The van der Waals surface area contributed by atoms with E-state index in [-0.39, 0.29) is 5.78 Å². The molecular weight excluding hydrogens is 142 g/mol. The van der Waals surface area contributed by atoms with Gasteiger partial charge < -0.3 is 5.32 Å². The first-order valence-corrected chi connectivity index (χ1v) is 3.25. The molecule has 0 aliphatic heterocycles. The Morgan fingerprint density at radius 3 is 2.36 bits per heavy atom.